The summed E-state index contributed by atoms with van der Waals surface area (Å²) in [7, 11) is 2.17. The molecule has 0 spiro atoms. The van der Waals surface area contributed by atoms with Gasteiger partial charge in [0.05, 0.1) is 11.8 Å². The Morgan fingerprint density at radius 3 is 2.59 bits per heavy atom. The minimum atomic E-state index is -0.252. The standard InChI is InChI=1S/C23H31FN4O/c1-26-7-9-28(10-8-26)21-11-17-13-27(14-18(17)12-22(21)29)15-19-6-5-16-3-2-4-20(24)23(16)25-19/h2-6,17-18,21-22,29H,7-15H2,1H3/t17-,18+,21-,22-/m1/s1. The molecule has 5 nitrogen and oxygen atoms in total. The molecular weight excluding hydrogens is 367 g/mol. The summed E-state index contributed by atoms with van der Waals surface area (Å²) >= 11 is 0. The van der Waals surface area contributed by atoms with Crippen molar-refractivity contribution >= 4 is 10.9 Å². The van der Waals surface area contributed by atoms with Gasteiger partial charge in [0.2, 0.25) is 0 Å². The van der Waals surface area contributed by atoms with Gasteiger partial charge in [0, 0.05) is 57.2 Å². The first-order valence-corrected chi connectivity index (χ1v) is 10.9. The molecule has 1 aromatic heterocycles. The molecule has 29 heavy (non-hydrogen) atoms. The fourth-order valence-electron chi connectivity index (χ4n) is 5.65. The number of aliphatic hydroxyl groups excluding tert-OH is 1. The van der Waals surface area contributed by atoms with Crippen LogP contribution >= 0.6 is 0 Å². The van der Waals surface area contributed by atoms with Gasteiger partial charge in [-0.25, -0.2) is 9.37 Å². The van der Waals surface area contributed by atoms with Crippen LogP contribution in [0.25, 0.3) is 10.9 Å². The normalized spacial score (nSPS) is 32.0. The highest BCUT2D eigenvalue weighted by molar-refractivity contribution is 5.79. The molecule has 0 bridgehead atoms. The van der Waals surface area contributed by atoms with E-state index in [2.05, 4.69) is 26.7 Å². The van der Waals surface area contributed by atoms with E-state index in [4.69, 9.17) is 0 Å². The summed E-state index contributed by atoms with van der Waals surface area (Å²) in [6.07, 6.45) is 1.77. The van der Waals surface area contributed by atoms with E-state index < -0.39 is 0 Å². The summed E-state index contributed by atoms with van der Waals surface area (Å²) in [6.45, 7) is 7.12. The van der Waals surface area contributed by atoms with Crippen LogP contribution in [-0.4, -0.2) is 83.3 Å². The smallest absolute Gasteiger partial charge is 0.149 e. The van der Waals surface area contributed by atoms with Gasteiger partial charge in [-0.05, 0) is 43.9 Å². The molecule has 4 atom stereocenters. The van der Waals surface area contributed by atoms with E-state index in [1.807, 2.05) is 18.2 Å². The van der Waals surface area contributed by atoms with Gasteiger partial charge in [0.25, 0.3) is 0 Å². The Labute approximate surface area is 172 Å². The second-order valence-corrected chi connectivity index (χ2v) is 9.27. The summed E-state index contributed by atoms with van der Waals surface area (Å²) in [6, 6.07) is 9.40. The molecule has 1 N–H and O–H groups in total. The summed E-state index contributed by atoms with van der Waals surface area (Å²) < 4.78 is 14.1. The number of aromatic nitrogens is 1. The number of likely N-dealkylation sites (N-methyl/N-ethyl adjacent to an activating group) is 1. The molecule has 6 heteroatoms. The fourth-order valence-corrected chi connectivity index (χ4v) is 5.65. The molecule has 0 amide bonds. The highest BCUT2D eigenvalue weighted by atomic mass is 19.1. The second-order valence-electron chi connectivity index (χ2n) is 9.27. The van der Waals surface area contributed by atoms with Crippen molar-refractivity contribution in [3.63, 3.8) is 0 Å². The Kier molecular flexibility index (Phi) is 5.28. The number of halogens is 1. The van der Waals surface area contributed by atoms with E-state index in [9.17, 15) is 9.50 Å². The van der Waals surface area contributed by atoms with Gasteiger partial charge in [-0.1, -0.05) is 18.2 Å². The Balaban J connectivity index is 1.25. The quantitative estimate of drug-likeness (QED) is 0.859. The third-order valence-corrected chi connectivity index (χ3v) is 7.31. The first-order valence-electron chi connectivity index (χ1n) is 10.9. The van der Waals surface area contributed by atoms with E-state index in [-0.39, 0.29) is 11.9 Å². The molecular formula is C23H31FN4O. The van der Waals surface area contributed by atoms with Crippen LogP contribution in [0, 0.1) is 17.7 Å². The zero-order valence-electron chi connectivity index (χ0n) is 17.2. The first kappa shape index (κ1) is 19.4. The van der Waals surface area contributed by atoms with Crippen LogP contribution in [-0.2, 0) is 6.54 Å². The summed E-state index contributed by atoms with van der Waals surface area (Å²) in [5, 5.41) is 11.7. The Bertz CT molecular complexity index is 869. The third-order valence-electron chi connectivity index (χ3n) is 7.31. The fraction of sp³-hybridized carbons (Fsp3) is 0.609. The Morgan fingerprint density at radius 1 is 1.03 bits per heavy atom. The summed E-state index contributed by atoms with van der Waals surface area (Å²) in [4.78, 5) is 11.9. The lowest BCUT2D eigenvalue weighted by molar-refractivity contribution is -0.0249. The van der Waals surface area contributed by atoms with Gasteiger partial charge in [0.1, 0.15) is 11.3 Å². The second kappa shape index (κ2) is 7.91. The number of likely N-dealkylation sites (tertiary alicyclic amines) is 1. The predicted molar refractivity (Wildman–Crippen MR) is 112 cm³/mol. The molecule has 3 aliphatic rings. The van der Waals surface area contributed by atoms with Gasteiger partial charge in [-0.3, -0.25) is 9.80 Å². The number of hydrogen-bond donors (Lipinski definition) is 1. The lowest BCUT2D eigenvalue weighted by Gasteiger charge is -2.44. The van der Waals surface area contributed by atoms with Crippen molar-refractivity contribution in [1.29, 1.82) is 0 Å². The minimum absolute atomic E-state index is 0.215. The van der Waals surface area contributed by atoms with E-state index in [0.29, 0.717) is 23.4 Å². The molecule has 3 heterocycles. The van der Waals surface area contributed by atoms with Crippen molar-refractivity contribution in [3.8, 4) is 0 Å². The average Bonchev–Trinajstić information content (AvgIpc) is 3.09. The number of nitrogens with zero attached hydrogens (tertiary/aromatic N) is 4. The third kappa shape index (κ3) is 3.91. The van der Waals surface area contributed by atoms with Crippen LogP contribution in [0.1, 0.15) is 18.5 Å². The van der Waals surface area contributed by atoms with Crippen LogP contribution in [0.4, 0.5) is 4.39 Å². The highest BCUT2D eigenvalue weighted by Crippen LogP contribution is 2.39. The number of para-hydroxylation sites is 1. The number of aliphatic hydroxyl groups is 1. The van der Waals surface area contributed by atoms with E-state index in [0.717, 1.165) is 69.7 Å². The molecule has 2 saturated heterocycles. The monoisotopic (exact) mass is 398 g/mol. The summed E-state index contributed by atoms with van der Waals surface area (Å²) in [5.41, 5.74) is 1.39. The molecule has 1 aromatic carbocycles. The molecule has 2 aromatic rings. The number of fused-ring (bicyclic) bond motifs is 2. The van der Waals surface area contributed by atoms with E-state index in [1.165, 1.54) is 6.07 Å². The number of benzene rings is 1. The van der Waals surface area contributed by atoms with Gasteiger partial charge in [-0.15, -0.1) is 0 Å². The van der Waals surface area contributed by atoms with Gasteiger partial charge >= 0.3 is 0 Å². The molecule has 1 saturated carbocycles. The van der Waals surface area contributed by atoms with Crippen molar-refractivity contribution in [3.05, 3.63) is 41.8 Å². The lowest BCUT2D eigenvalue weighted by Crippen LogP contribution is -2.55. The number of pyridine rings is 1. The van der Waals surface area contributed by atoms with Gasteiger partial charge < -0.3 is 10.0 Å². The number of piperazine rings is 1. The molecule has 3 fully saturated rings. The van der Waals surface area contributed by atoms with Crippen molar-refractivity contribution in [2.45, 2.75) is 31.5 Å². The molecule has 5 rings (SSSR count). The largest absolute Gasteiger partial charge is 0.391 e. The molecule has 1 aliphatic carbocycles. The predicted octanol–water partition coefficient (Wildman–Crippen LogP) is 2.19. The van der Waals surface area contributed by atoms with Crippen LogP contribution in [0.2, 0.25) is 0 Å². The lowest BCUT2D eigenvalue weighted by atomic mass is 9.77. The Morgan fingerprint density at radius 2 is 1.79 bits per heavy atom. The van der Waals surface area contributed by atoms with Crippen molar-refractivity contribution in [1.82, 2.24) is 19.7 Å². The van der Waals surface area contributed by atoms with Crippen LogP contribution < -0.4 is 0 Å². The SMILES string of the molecule is CN1CCN([C@@H]2C[C@@H]3CN(Cc4ccc5cccc(F)c5n4)C[C@@H]3C[C@H]2O)CC1. The van der Waals surface area contributed by atoms with Gasteiger partial charge in [0.15, 0.2) is 0 Å². The maximum Gasteiger partial charge on any atom is 0.149 e. The average molecular weight is 399 g/mol. The Hall–Kier alpha value is -1.60. The molecule has 156 valence electrons. The van der Waals surface area contributed by atoms with Crippen LogP contribution in [0.5, 0.6) is 0 Å². The molecule has 0 unspecified atom stereocenters. The highest BCUT2D eigenvalue weighted by Gasteiger charge is 2.43. The molecule has 2 aliphatic heterocycles. The van der Waals surface area contributed by atoms with Crippen molar-refractivity contribution in [2.24, 2.45) is 11.8 Å². The topological polar surface area (TPSA) is 42.8 Å². The zero-order chi connectivity index (χ0) is 20.0. The molecule has 0 radical (unpaired) electrons. The van der Waals surface area contributed by atoms with Crippen molar-refractivity contribution in [2.75, 3.05) is 46.3 Å². The minimum Gasteiger partial charge on any atom is -0.391 e. The van der Waals surface area contributed by atoms with E-state index >= 15 is 0 Å². The van der Waals surface area contributed by atoms with Crippen LogP contribution in [0.15, 0.2) is 30.3 Å². The van der Waals surface area contributed by atoms with E-state index in [1.54, 1.807) is 6.07 Å². The maximum atomic E-state index is 14.1. The number of rotatable bonds is 3. The maximum absolute atomic E-state index is 14.1. The number of hydrogen-bond acceptors (Lipinski definition) is 5. The van der Waals surface area contributed by atoms with Gasteiger partial charge in [-0.2, -0.15) is 0 Å². The first-order chi connectivity index (χ1) is 14.1. The van der Waals surface area contributed by atoms with Crippen molar-refractivity contribution < 1.29 is 9.50 Å². The van der Waals surface area contributed by atoms with Crippen LogP contribution in [0.3, 0.4) is 0 Å². The summed E-state index contributed by atoms with van der Waals surface area (Å²) in [5.74, 6) is 0.948. The zero-order valence-corrected chi connectivity index (χ0v) is 17.2.